The molecule has 1 aromatic carbocycles. The molecule has 144 valence electrons. The summed E-state index contributed by atoms with van der Waals surface area (Å²) in [6.45, 7) is 7.42. The van der Waals surface area contributed by atoms with Crippen LogP contribution in [-0.2, 0) is 24.3 Å². The molecule has 2 aromatic rings. The second kappa shape index (κ2) is 8.95. The van der Waals surface area contributed by atoms with E-state index in [2.05, 4.69) is 32.1 Å². The zero-order chi connectivity index (χ0) is 19.2. The van der Waals surface area contributed by atoms with Crippen molar-refractivity contribution in [3.05, 3.63) is 59.2 Å². The molecule has 1 aromatic heterocycles. The first-order chi connectivity index (χ1) is 13.0. The number of benzene rings is 1. The predicted molar refractivity (Wildman–Crippen MR) is 105 cm³/mol. The molecule has 27 heavy (non-hydrogen) atoms. The first-order valence-electron chi connectivity index (χ1n) is 9.49. The average molecular weight is 370 g/mol. The minimum Gasteiger partial charge on any atom is -0.354 e. The van der Waals surface area contributed by atoms with Gasteiger partial charge in [-0.05, 0) is 37.6 Å². The van der Waals surface area contributed by atoms with Crippen LogP contribution in [0.1, 0.15) is 37.2 Å². The summed E-state index contributed by atoms with van der Waals surface area (Å²) in [5.74, 6) is -0.141. The molecule has 5 nitrogen and oxygen atoms in total. The number of hydrogen-bond donors (Lipinski definition) is 1. The van der Waals surface area contributed by atoms with Crippen molar-refractivity contribution in [1.82, 2.24) is 20.0 Å². The van der Waals surface area contributed by atoms with Gasteiger partial charge in [0.25, 0.3) is 0 Å². The monoisotopic (exact) mass is 370 g/mol. The number of hydrogen-bond acceptors (Lipinski definition) is 3. The summed E-state index contributed by atoms with van der Waals surface area (Å²) in [4.78, 5) is 14.1. The molecule has 3 rings (SSSR count). The van der Waals surface area contributed by atoms with Gasteiger partial charge in [0.05, 0.1) is 17.9 Å². The molecule has 0 aliphatic carbocycles. The first-order valence-corrected chi connectivity index (χ1v) is 9.49. The summed E-state index contributed by atoms with van der Waals surface area (Å²) in [6, 6.07) is 8.78. The van der Waals surface area contributed by atoms with Crippen molar-refractivity contribution in [3.63, 3.8) is 0 Å². The molecule has 1 amide bonds. The van der Waals surface area contributed by atoms with Crippen molar-refractivity contribution in [1.29, 1.82) is 0 Å². The maximum atomic E-state index is 12.9. The smallest absolute Gasteiger partial charge is 0.220 e. The van der Waals surface area contributed by atoms with Crippen LogP contribution < -0.4 is 5.32 Å². The fourth-order valence-corrected chi connectivity index (χ4v) is 3.21. The summed E-state index contributed by atoms with van der Waals surface area (Å²) in [7, 11) is 0. The van der Waals surface area contributed by atoms with Crippen molar-refractivity contribution in [3.8, 4) is 0 Å². The van der Waals surface area contributed by atoms with E-state index in [1.165, 1.54) is 17.8 Å². The predicted octanol–water partition coefficient (Wildman–Crippen LogP) is 3.01. The van der Waals surface area contributed by atoms with Gasteiger partial charge in [-0.15, -0.1) is 0 Å². The normalized spacial score (nSPS) is 14.7. The number of amides is 1. The van der Waals surface area contributed by atoms with E-state index in [0.29, 0.717) is 12.8 Å². The number of carbonyl (C=O) groups excluding carboxylic acids is 1. The van der Waals surface area contributed by atoms with Crippen LogP contribution in [0.15, 0.2) is 36.4 Å². The summed E-state index contributed by atoms with van der Waals surface area (Å²) < 4.78 is 15.0. The topological polar surface area (TPSA) is 50.2 Å². The lowest BCUT2D eigenvalue weighted by molar-refractivity contribution is -0.121. The molecule has 0 bridgehead atoms. The number of fused-ring (bicyclic) bond motifs is 1. The third kappa shape index (κ3) is 5.76. The minimum atomic E-state index is -0.214. The molecule has 0 fully saturated rings. The van der Waals surface area contributed by atoms with E-state index < -0.39 is 0 Å². The van der Waals surface area contributed by atoms with Gasteiger partial charge in [-0.25, -0.2) is 4.39 Å². The summed E-state index contributed by atoms with van der Waals surface area (Å²) in [5.41, 5.74) is 3.17. The summed E-state index contributed by atoms with van der Waals surface area (Å²) >= 11 is 0. The van der Waals surface area contributed by atoms with Crippen molar-refractivity contribution in [2.45, 2.75) is 45.8 Å². The van der Waals surface area contributed by atoms with Gasteiger partial charge in [0.15, 0.2) is 0 Å². The van der Waals surface area contributed by atoms with Crippen LogP contribution in [0.3, 0.4) is 0 Å². The average Bonchev–Trinajstić information content (AvgIpc) is 3.03. The van der Waals surface area contributed by atoms with E-state index >= 15 is 0 Å². The Bertz CT molecular complexity index is 795. The lowest BCUT2D eigenvalue weighted by Crippen LogP contribution is -2.33. The Kier molecular flexibility index (Phi) is 6.40. The Hall–Kier alpha value is -2.47. The van der Waals surface area contributed by atoms with Gasteiger partial charge in [-0.3, -0.25) is 14.4 Å². The molecule has 2 heterocycles. The van der Waals surface area contributed by atoms with Gasteiger partial charge in [0.2, 0.25) is 5.91 Å². The van der Waals surface area contributed by atoms with Crippen LogP contribution in [0.4, 0.5) is 4.39 Å². The Labute approximate surface area is 159 Å². The van der Waals surface area contributed by atoms with E-state index in [1.807, 2.05) is 19.9 Å². The quantitative estimate of drug-likeness (QED) is 0.815. The number of nitrogens with zero attached hydrogens (tertiary/aromatic N) is 3. The zero-order valence-electron chi connectivity index (χ0n) is 16.0. The van der Waals surface area contributed by atoms with Crippen LogP contribution in [0, 0.1) is 5.82 Å². The van der Waals surface area contributed by atoms with Crippen molar-refractivity contribution >= 4 is 12.0 Å². The van der Waals surface area contributed by atoms with Gasteiger partial charge in [-0.2, -0.15) is 5.10 Å². The second-order valence-corrected chi connectivity index (χ2v) is 7.26. The van der Waals surface area contributed by atoms with Crippen LogP contribution in [0.25, 0.3) is 6.08 Å². The Morgan fingerprint density at radius 1 is 1.30 bits per heavy atom. The molecule has 0 unspecified atom stereocenters. The maximum absolute atomic E-state index is 12.9. The van der Waals surface area contributed by atoms with E-state index in [0.717, 1.165) is 37.4 Å². The van der Waals surface area contributed by atoms with Gasteiger partial charge in [0, 0.05) is 38.5 Å². The van der Waals surface area contributed by atoms with Crippen molar-refractivity contribution < 1.29 is 9.18 Å². The Morgan fingerprint density at radius 3 is 2.81 bits per heavy atom. The third-order valence-electron chi connectivity index (χ3n) is 4.53. The van der Waals surface area contributed by atoms with E-state index in [1.54, 1.807) is 12.1 Å². The Balaban J connectivity index is 1.50. The van der Waals surface area contributed by atoms with Crippen LogP contribution >= 0.6 is 0 Å². The number of aromatic nitrogens is 2. The van der Waals surface area contributed by atoms with Crippen LogP contribution in [0.5, 0.6) is 0 Å². The number of rotatable bonds is 7. The fourth-order valence-electron chi connectivity index (χ4n) is 3.21. The highest BCUT2D eigenvalue weighted by Crippen LogP contribution is 2.15. The lowest BCUT2D eigenvalue weighted by Gasteiger charge is -2.26. The number of aryl methyl sites for hydroxylation is 1. The van der Waals surface area contributed by atoms with E-state index in [9.17, 15) is 9.18 Å². The molecule has 6 heteroatoms. The molecule has 1 N–H and O–H groups in total. The van der Waals surface area contributed by atoms with Gasteiger partial charge in [0.1, 0.15) is 5.82 Å². The first kappa shape index (κ1) is 19.3. The van der Waals surface area contributed by atoms with Crippen molar-refractivity contribution in [2.24, 2.45) is 0 Å². The van der Waals surface area contributed by atoms with E-state index in [4.69, 9.17) is 0 Å². The van der Waals surface area contributed by atoms with Crippen LogP contribution in [0.2, 0.25) is 0 Å². The largest absolute Gasteiger partial charge is 0.354 e. The molecule has 0 radical (unpaired) electrons. The molecule has 0 saturated heterocycles. The lowest BCUT2D eigenvalue weighted by atomic mass is 10.2. The SMILES string of the molecule is CC(C)NC(=O)CCc1cc2n(n1)CCN(C/C=C/c1ccc(F)cc1)C2. The number of carbonyl (C=O) groups is 1. The van der Waals surface area contributed by atoms with Gasteiger partial charge in [-0.1, -0.05) is 24.3 Å². The molecule has 0 saturated carbocycles. The summed E-state index contributed by atoms with van der Waals surface area (Å²) in [5, 5.41) is 7.54. The molecule has 0 atom stereocenters. The second-order valence-electron chi connectivity index (χ2n) is 7.26. The van der Waals surface area contributed by atoms with Crippen molar-refractivity contribution in [2.75, 3.05) is 13.1 Å². The number of nitrogens with one attached hydrogen (secondary N) is 1. The standard InChI is InChI=1S/C21H27FN4O/c1-16(2)23-21(27)10-9-19-14-20-15-25(12-13-26(20)24-19)11-3-4-17-5-7-18(22)8-6-17/h3-8,14,16H,9-13,15H2,1-2H3,(H,23,27)/b4-3+. The zero-order valence-corrected chi connectivity index (χ0v) is 16.0. The molecular weight excluding hydrogens is 343 g/mol. The highest BCUT2D eigenvalue weighted by atomic mass is 19.1. The molecular formula is C21H27FN4O. The van der Waals surface area contributed by atoms with Gasteiger partial charge < -0.3 is 5.32 Å². The third-order valence-corrected chi connectivity index (χ3v) is 4.53. The highest BCUT2D eigenvalue weighted by Gasteiger charge is 2.17. The van der Waals surface area contributed by atoms with Gasteiger partial charge >= 0.3 is 0 Å². The molecule has 1 aliphatic heterocycles. The van der Waals surface area contributed by atoms with E-state index in [-0.39, 0.29) is 17.8 Å². The number of halogens is 1. The summed E-state index contributed by atoms with van der Waals surface area (Å²) in [6.07, 6.45) is 5.27. The minimum absolute atomic E-state index is 0.0727. The molecule has 0 spiro atoms. The highest BCUT2D eigenvalue weighted by molar-refractivity contribution is 5.76. The van der Waals surface area contributed by atoms with Crippen LogP contribution in [-0.4, -0.2) is 39.7 Å². The molecule has 1 aliphatic rings. The maximum Gasteiger partial charge on any atom is 0.220 e. The fraction of sp³-hybridized carbons (Fsp3) is 0.429. The Morgan fingerprint density at radius 2 is 2.07 bits per heavy atom.